The SMILES string of the molecule is CCC[C@@H](C(=O)O)[C@@H]1CN(C2=Nc3cc(Cl)ccc3Oc3ccccc32)CCN1. The van der Waals surface area contributed by atoms with E-state index in [9.17, 15) is 9.90 Å². The first kappa shape index (κ1) is 19.7. The Balaban J connectivity index is 1.72. The van der Waals surface area contributed by atoms with Crippen molar-refractivity contribution < 1.29 is 14.6 Å². The largest absolute Gasteiger partial charge is 0.481 e. The van der Waals surface area contributed by atoms with Gasteiger partial charge in [0.2, 0.25) is 0 Å². The molecule has 0 unspecified atom stereocenters. The Kier molecular flexibility index (Phi) is 5.74. The van der Waals surface area contributed by atoms with E-state index in [0.29, 0.717) is 36.0 Å². The van der Waals surface area contributed by atoms with Gasteiger partial charge in [-0.2, -0.15) is 0 Å². The lowest BCUT2D eigenvalue weighted by Gasteiger charge is -2.38. The molecule has 1 fully saturated rings. The Bertz CT molecular complexity index is 947. The van der Waals surface area contributed by atoms with Crippen molar-refractivity contribution in [3.05, 3.63) is 53.1 Å². The van der Waals surface area contributed by atoms with Gasteiger partial charge in [0.1, 0.15) is 17.3 Å². The number of hydrogen-bond acceptors (Lipinski definition) is 5. The van der Waals surface area contributed by atoms with Crippen molar-refractivity contribution in [3.63, 3.8) is 0 Å². The van der Waals surface area contributed by atoms with Crippen LogP contribution in [0.3, 0.4) is 0 Å². The number of para-hydroxylation sites is 1. The van der Waals surface area contributed by atoms with Crippen LogP contribution in [0.1, 0.15) is 25.3 Å². The van der Waals surface area contributed by atoms with Gasteiger partial charge in [-0.05, 0) is 36.8 Å². The van der Waals surface area contributed by atoms with Gasteiger partial charge >= 0.3 is 5.97 Å². The quantitative estimate of drug-likeness (QED) is 0.781. The molecule has 0 radical (unpaired) electrons. The molecule has 4 rings (SSSR count). The summed E-state index contributed by atoms with van der Waals surface area (Å²) in [6, 6.07) is 13.1. The van der Waals surface area contributed by atoms with Crippen LogP contribution in [0, 0.1) is 5.92 Å². The van der Waals surface area contributed by atoms with E-state index in [2.05, 4.69) is 10.2 Å². The van der Waals surface area contributed by atoms with Gasteiger partial charge in [-0.25, -0.2) is 4.99 Å². The van der Waals surface area contributed by atoms with E-state index < -0.39 is 11.9 Å². The summed E-state index contributed by atoms with van der Waals surface area (Å²) in [5.74, 6) is 0.981. The van der Waals surface area contributed by atoms with E-state index in [1.165, 1.54) is 0 Å². The van der Waals surface area contributed by atoms with Crippen molar-refractivity contribution >= 4 is 29.1 Å². The van der Waals surface area contributed by atoms with Crippen LogP contribution in [0.25, 0.3) is 0 Å². The second kappa shape index (κ2) is 8.43. The molecule has 2 aromatic rings. The molecule has 0 aliphatic carbocycles. The molecule has 6 nitrogen and oxygen atoms in total. The van der Waals surface area contributed by atoms with Gasteiger partial charge in [0.25, 0.3) is 0 Å². The van der Waals surface area contributed by atoms with Crippen molar-refractivity contribution in [1.29, 1.82) is 0 Å². The number of rotatable bonds is 4. The number of fused-ring (bicyclic) bond motifs is 2. The topological polar surface area (TPSA) is 74.2 Å². The number of aliphatic carboxylic acids is 1. The van der Waals surface area contributed by atoms with E-state index in [-0.39, 0.29) is 6.04 Å². The highest BCUT2D eigenvalue weighted by Gasteiger charge is 2.33. The normalized spacial score (nSPS) is 19.3. The van der Waals surface area contributed by atoms with E-state index >= 15 is 0 Å². The number of carboxylic acid groups (broad SMARTS) is 1. The Labute approximate surface area is 175 Å². The zero-order chi connectivity index (χ0) is 20.4. The first-order valence-corrected chi connectivity index (χ1v) is 10.3. The molecule has 7 heteroatoms. The molecule has 2 aliphatic heterocycles. The molecule has 1 saturated heterocycles. The molecule has 2 aliphatic rings. The molecule has 2 N–H and O–H groups in total. The fourth-order valence-corrected chi connectivity index (χ4v) is 4.15. The summed E-state index contributed by atoms with van der Waals surface area (Å²) >= 11 is 6.20. The fraction of sp³-hybridized carbons (Fsp3) is 0.364. The molecule has 29 heavy (non-hydrogen) atoms. The number of halogens is 1. The first-order valence-electron chi connectivity index (χ1n) is 9.93. The summed E-state index contributed by atoms with van der Waals surface area (Å²) in [7, 11) is 0. The van der Waals surface area contributed by atoms with Crippen LogP contribution in [-0.2, 0) is 4.79 Å². The minimum Gasteiger partial charge on any atom is -0.481 e. The monoisotopic (exact) mass is 413 g/mol. The summed E-state index contributed by atoms with van der Waals surface area (Å²) < 4.78 is 6.12. The number of carboxylic acids is 1. The zero-order valence-electron chi connectivity index (χ0n) is 16.3. The maximum atomic E-state index is 11.8. The van der Waals surface area contributed by atoms with Crippen molar-refractivity contribution in [2.45, 2.75) is 25.8 Å². The van der Waals surface area contributed by atoms with Crippen molar-refractivity contribution in [3.8, 4) is 11.5 Å². The van der Waals surface area contributed by atoms with Gasteiger partial charge in [-0.3, -0.25) is 4.79 Å². The van der Waals surface area contributed by atoms with Gasteiger partial charge in [-0.1, -0.05) is 37.1 Å². The van der Waals surface area contributed by atoms with Crippen molar-refractivity contribution in [1.82, 2.24) is 10.2 Å². The molecule has 152 valence electrons. The maximum Gasteiger partial charge on any atom is 0.308 e. The first-order chi connectivity index (χ1) is 14.1. The third-order valence-corrected chi connectivity index (χ3v) is 5.64. The second-order valence-corrected chi connectivity index (χ2v) is 7.82. The van der Waals surface area contributed by atoms with Crippen LogP contribution in [0.15, 0.2) is 47.5 Å². The number of nitrogens with zero attached hydrogens (tertiary/aromatic N) is 2. The molecular formula is C22H24ClN3O3. The molecule has 0 bridgehead atoms. The van der Waals surface area contributed by atoms with Crippen molar-refractivity contribution in [2.75, 3.05) is 19.6 Å². The van der Waals surface area contributed by atoms with Gasteiger partial charge in [0, 0.05) is 30.7 Å². The Morgan fingerprint density at radius 2 is 2.17 bits per heavy atom. The van der Waals surface area contributed by atoms with E-state index in [4.69, 9.17) is 21.3 Å². The number of benzene rings is 2. The smallest absolute Gasteiger partial charge is 0.308 e. The van der Waals surface area contributed by atoms with Gasteiger partial charge in [-0.15, -0.1) is 0 Å². The molecule has 2 atom stereocenters. The van der Waals surface area contributed by atoms with E-state index in [1.807, 2.05) is 37.3 Å². The summed E-state index contributed by atoms with van der Waals surface area (Å²) in [4.78, 5) is 18.9. The van der Waals surface area contributed by atoms with Crippen molar-refractivity contribution in [2.24, 2.45) is 10.9 Å². The lowest BCUT2D eigenvalue weighted by molar-refractivity contribution is -0.143. The highest BCUT2D eigenvalue weighted by atomic mass is 35.5. The zero-order valence-corrected chi connectivity index (χ0v) is 17.0. The van der Waals surface area contributed by atoms with Crippen LogP contribution in [0.2, 0.25) is 5.02 Å². The minimum absolute atomic E-state index is 0.140. The lowest BCUT2D eigenvalue weighted by atomic mass is 9.93. The Morgan fingerprint density at radius 1 is 1.34 bits per heavy atom. The number of carbonyl (C=O) groups is 1. The fourth-order valence-electron chi connectivity index (χ4n) is 3.99. The van der Waals surface area contributed by atoms with Crippen LogP contribution in [0.4, 0.5) is 5.69 Å². The number of piperazine rings is 1. The number of ether oxygens (including phenoxy) is 1. The highest BCUT2D eigenvalue weighted by Crippen LogP contribution is 2.39. The molecular weight excluding hydrogens is 390 g/mol. The summed E-state index contributed by atoms with van der Waals surface area (Å²) in [5.41, 5.74) is 1.56. The third-order valence-electron chi connectivity index (χ3n) is 5.40. The summed E-state index contributed by atoms with van der Waals surface area (Å²) in [6.45, 7) is 4.01. The summed E-state index contributed by atoms with van der Waals surface area (Å²) in [5, 5.41) is 13.7. The van der Waals surface area contributed by atoms with Gasteiger partial charge in [0.05, 0.1) is 11.5 Å². The second-order valence-electron chi connectivity index (χ2n) is 7.39. The van der Waals surface area contributed by atoms with Gasteiger partial charge < -0.3 is 20.1 Å². The molecule has 0 saturated carbocycles. The number of amidine groups is 1. The maximum absolute atomic E-state index is 11.8. The standard InChI is InChI=1S/C22H24ClN3O3/c1-2-5-15(22(27)28)18-13-26(11-10-24-18)21-16-6-3-4-7-19(16)29-20-9-8-14(23)12-17(20)25-21/h3-4,6-9,12,15,18,24H,2,5,10-11,13H2,1H3,(H,27,28)/t15-,18+/m1/s1. The molecule has 2 aromatic carbocycles. The van der Waals surface area contributed by atoms with E-state index in [1.54, 1.807) is 12.1 Å². The van der Waals surface area contributed by atoms with E-state index in [0.717, 1.165) is 30.1 Å². The Hall–Kier alpha value is -2.57. The average Bonchev–Trinajstić information content (AvgIpc) is 2.88. The third kappa shape index (κ3) is 4.09. The minimum atomic E-state index is -0.755. The number of aliphatic imine (C=N–C) groups is 1. The molecule has 0 aromatic heterocycles. The predicted molar refractivity (Wildman–Crippen MR) is 114 cm³/mol. The Morgan fingerprint density at radius 3 is 2.97 bits per heavy atom. The van der Waals surface area contributed by atoms with Crippen LogP contribution < -0.4 is 10.1 Å². The van der Waals surface area contributed by atoms with Crippen LogP contribution in [-0.4, -0.2) is 47.5 Å². The van der Waals surface area contributed by atoms with Gasteiger partial charge in [0.15, 0.2) is 5.75 Å². The predicted octanol–water partition coefficient (Wildman–Crippen LogP) is 4.30. The number of hydrogen-bond donors (Lipinski definition) is 2. The average molecular weight is 414 g/mol. The van der Waals surface area contributed by atoms with Crippen LogP contribution >= 0.6 is 11.6 Å². The summed E-state index contributed by atoms with van der Waals surface area (Å²) in [6.07, 6.45) is 1.48. The number of nitrogens with one attached hydrogen (secondary N) is 1. The van der Waals surface area contributed by atoms with Crippen LogP contribution in [0.5, 0.6) is 11.5 Å². The molecule has 0 spiro atoms. The highest BCUT2D eigenvalue weighted by molar-refractivity contribution is 6.31. The molecule has 2 heterocycles. The molecule has 0 amide bonds. The lowest BCUT2D eigenvalue weighted by Crippen LogP contribution is -2.56.